The molecule has 14 heavy (non-hydrogen) atoms. The zero-order valence-electron chi connectivity index (χ0n) is 9.34. The topological polar surface area (TPSA) is 78.1 Å². The van der Waals surface area contributed by atoms with Crippen molar-refractivity contribution in [2.24, 2.45) is 29.0 Å². The third-order valence-electron chi connectivity index (χ3n) is 3.56. The van der Waals surface area contributed by atoms with Crippen LogP contribution in [0.2, 0.25) is 0 Å². The van der Waals surface area contributed by atoms with Gasteiger partial charge in [0.2, 0.25) is 0 Å². The summed E-state index contributed by atoms with van der Waals surface area (Å²) in [5.41, 5.74) is 17.5. The molecule has 0 radical (unpaired) electrons. The van der Waals surface area contributed by atoms with E-state index < -0.39 is 0 Å². The van der Waals surface area contributed by atoms with Crippen molar-refractivity contribution in [3.63, 3.8) is 0 Å². The summed E-state index contributed by atoms with van der Waals surface area (Å²) in [6.45, 7) is 3.73. The second-order valence-corrected chi connectivity index (χ2v) is 5.08. The summed E-state index contributed by atoms with van der Waals surface area (Å²) in [5, 5.41) is 0. The first kappa shape index (κ1) is 12.0. The molecule has 84 valence electrons. The highest BCUT2D eigenvalue weighted by Crippen LogP contribution is 2.36. The first-order valence-corrected chi connectivity index (χ1v) is 5.78. The molecule has 0 aromatic heterocycles. The van der Waals surface area contributed by atoms with Crippen LogP contribution in [0.5, 0.6) is 0 Å². The molecule has 6 N–H and O–H groups in total. The second-order valence-electron chi connectivity index (χ2n) is 5.08. The fourth-order valence-electron chi connectivity index (χ4n) is 2.65. The van der Waals surface area contributed by atoms with E-state index in [1.165, 1.54) is 12.8 Å². The van der Waals surface area contributed by atoms with Crippen molar-refractivity contribution in [2.75, 3.05) is 13.1 Å². The summed E-state index contributed by atoms with van der Waals surface area (Å²) >= 11 is 0. The Kier molecular flexibility index (Phi) is 4.35. The third kappa shape index (κ3) is 3.23. The minimum absolute atomic E-state index is 0.0171. The molecule has 0 spiro atoms. The van der Waals surface area contributed by atoms with Gasteiger partial charge in [0, 0.05) is 5.54 Å². The van der Waals surface area contributed by atoms with Crippen molar-refractivity contribution in [1.29, 1.82) is 0 Å². The maximum Gasteiger partial charge on any atom is 0.0129 e. The summed E-state index contributed by atoms with van der Waals surface area (Å²) in [7, 11) is 0. The van der Waals surface area contributed by atoms with E-state index in [9.17, 15) is 0 Å². The van der Waals surface area contributed by atoms with Crippen LogP contribution in [0.25, 0.3) is 0 Å². The van der Waals surface area contributed by atoms with Gasteiger partial charge >= 0.3 is 0 Å². The molecule has 3 nitrogen and oxygen atoms in total. The van der Waals surface area contributed by atoms with Crippen LogP contribution in [0.1, 0.15) is 39.0 Å². The van der Waals surface area contributed by atoms with E-state index in [0.29, 0.717) is 5.92 Å². The normalized spacial score (nSPS) is 38.6. The Morgan fingerprint density at radius 2 is 2.00 bits per heavy atom. The lowest BCUT2D eigenvalue weighted by Gasteiger charge is -2.40. The molecular weight excluding hydrogens is 174 g/mol. The van der Waals surface area contributed by atoms with E-state index >= 15 is 0 Å². The molecule has 0 bridgehead atoms. The van der Waals surface area contributed by atoms with Crippen LogP contribution in [0.3, 0.4) is 0 Å². The molecule has 3 unspecified atom stereocenters. The van der Waals surface area contributed by atoms with E-state index in [4.69, 9.17) is 17.2 Å². The minimum Gasteiger partial charge on any atom is -0.330 e. The highest BCUT2D eigenvalue weighted by atomic mass is 14.7. The van der Waals surface area contributed by atoms with E-state index in [-0.39, 0.29) is 5.54 Å². The fourth-order valence-corrected chi connectivity index (χ4v) is 2.65. The summed E-state index contributed by atoms with van der Waals surface area (Å²) in [6.07, 6.45) is 5.81. The third-order valence-corrected chi connectivity index (χ3v) is 3.56. The molecule has 0 amide bonds. The molecule has 3 heteroatoms. The standard InChI is InChI=1S/C11H25N3/c1-11(14)5-4-9(3-2-6-12)10(7-11)8-13/h9-10H,2-8,12-14H2,1H3. The van der Waals surface area contributed by atoms with Crippen molar-refractivity contribution in [1.82, 2.24) is 0 Å². The molecule has 0 heterocycles. The lowest BCUT2D eigenvalue weighted by molar-refractivity contribution is 0.159. The Morgan fingerprint density at radius 3 is 2.57 bits per heavy atom. The molecule has 1 aliphatic rings. The first-order valence-electron chi connectivity index (χ1n) is 5.78. The first-order chi connectivity index (χ1) is 6.59. The molecule has 1 rings (SSSR count). The summed E-state index contributed by atoms with van der Waals surface area (Å²) in [4.78, 5) is 0. The second kappa shape index (κ2) is 5.10. The minimum atomic E-state index is 0.0171. The van der Waals surface area contributed by atoms with Crippen molar-refractivity contribution in [3.8, 4) is 0 Å². The Morgan fingerprint density at radius 1 is 1.29 bits per heavy atom. The van der Waals surface area contributed by atoms with Gasteiger partial charge < -0.3 is 17.2 Å². The van der Waals surface area contributed by atoms with Crippen LogP contribution < -0.4 is 17.2 Å². The Balaban J connectivity index is 2.44. The molecule has 1 fully saturated rings. The zero-order chi connectivity index (χ0) is 10.6. The molecule has 0 aliphatic heterocycles. The molecular formula is C11H25N3. The number of rotatable bonds is 4. The molecule has 0 saturated heterocycles. The van der Waals surface area contributed by atoms with Gasteiger partial charge in [-0.15, -0.1) is 0 Å². The Labute approximate surface area is 87.4 Å². The van der Waals surface area contributed by atoms with Crippen LogP contribution in [0.15, 0.2) is 0 Å². The van der Waals surface area contributed by atoms with Gasteiger partial charge in [-0.2, -0.15) is 0 Å². The monoisotopic (exact) mass is 199 g/mol. The largest absolute Gasteiger partial charge is 0.330 e. The van der Waals surface area contributed by atoms with Gasteiger partial charge in [-0.05, 0) is 64.0 Å². The highest BCUT2D eigenvalue weighted by Gasteiger charge is 2.33. The zero-order valence-corrected chi connectivity index (χ0v) is 9.34. The fraction of sp³-hybridized carbons (Fsp3) is 1.00. The van der Waals surface area contributed by atoms with Gasteiger partial charge in [0.1, 0.15) is 0 Å². The van der Waals surface area contributed by atoms with Crippen LogP contribution in [-0.4, -0.2) is 18.6 Å². The van der Waals surface area contributed by atoms with Gasteiger partial charge in [0.05, 0.1) is 0 Å². The van der Waals surface area contributed by atoms with Gasteiger partial charge in [0.25, 0.3) is 0 Å². The lowest BCUT2D eigenvalue weighted by atomic mass is 9.69. The van der Waals surface area contributed by atoms with Gasteiger partial charge in [-0.1, -0.05) is 0 Å². The molecule has 0 aromatic carbocycles. The predicted molar refractivity (Wildman–Crippen MR) is 60.8 cm³/mol. The van der Waals surface area contributed by atoms with Crippen LogP contribution in [0, 0.1) is 11.8 Å². The Bertz CT molecular complexity index is 168. The molecule has 1 aliphatic carbocycles. The van der Waals surface area contributed by atoms with E-state index in [1.807, 2.05) is 0 Å². The quantitative estimate of drug-likeness (QED) is 0.627. The van der Waals surface area contributed by atoms with E-state index in [2.05, 4.69) is 6.92 Å². The van der Waals surface area contributed by atoms with Crippen LogP contribution in [0.4, 0.5) is 0 Å². The maximum absolute atomic E-state index is 6.15. The van der Waals surface area contributed by atoms with Crippen LogP contribution >= 0.6 is 0 Å². The van der Waals surface area contributed by atoms with Crippen molar-refractivity contribution >= 4 is 0 Å². The number of nitrogens with two attached hydrogens (primary N) is 3. The van der Waals surface area contributed by atoms with Gasteiger partial charge in [-0.3, -0.25) is 0 Å². The van der Waals surface area contributed by atoms with E-state index in [0.717, 1.165) is 38.3 Å². The van der Waals surface area contributed by atoms with Crippen LogP contribution in [-0.2, 0) is 0 Å². The van der Waals surface area contributed by atoms with Crippen molar-refractivity contribution < 1.29 is 0 Å². The number of hydrogen-bond acceptors (Lipinski definition) is 3. The molecule has 1 saturated carbocycles. The highest BCUT2D eigenvalue weighted by molar-refractivity contribution is 4.90. The number of hydrogen-bond donors (Lipinski definition) is 3. The maximum atomic E-state index is 6.15. The molecule has 0 aromatic rings. The summed E-state index contributed by atoms with van der Waals surface area (Å²) in [6, 6.07) is 0. The molecule has 3 atom stereocenters. The average Bonchev–Trinajstić information content (AvgIpc) is 2.15. The smallest absolute Gasteiger partial charge is 0.0129 e. The lowest BCUT2D eigenvalue weighted by Crippen LogP contribution is -2.46. The SMILES string of the molecule is CC1(N)CCC(CCCN)C(CN)C1. The summed E-state index contributed by atoms with van der Waals surface area (Å²) in [5.74, 6) is 1.38. The van der Waals surface area contributed by atoms with Crippen molar-refractivity contribution in [2.45, 2.75) is 44.6 Å². The summed E-state index contributed by atoms with van der Waals surface area (Å²) < 4.78 is 0. The van der Waals surface area contributed by atoms with Crippen molar-refractivity contribution in [3.05, 3.63) is 0 Å². The van der Waals surface area contributed by atoms with E-state index in [1.54, 1.807) is 0 Å². The van der Waals surface area contributed by atoms with Gasteiger partial charge in [-0.25, -0.2) is 0 Å². The van der Waals surface area contributed by atoms with Gasteiger partial charge in [0.15, 0.2) is 0 Å². The Hall–Kier alpha value is -0.120. The average molecular weight is 199 g/mol. The predicted octanol–water partition coefficient (Wildman–Crippen LogP) is 0.818.